The second kappa shape index (κ2) is 13.4. The highest BCUT2D eigenvalue weighted by Crippen LogP contribution is 2.22. The first-order chi connectivity index (χ1) is 15.0. The molecule has 2 aromatic rings. The fourth-order valence-corrected chi connectivity index (χ4v) is 4.54. The summed E-state index contributed by atoms with van der Waals surface area (Å²) in [6.45, 7) is 7.15. The number of thioether (sulfide) groups is 1. The molecule has 1 atom stereocenters. The van der Waals surface area contributed by atoms with Gasteiger partial charge in [0.15, 0.2) is 0 Å². The van der Waals surface area contributed by atoms with E-state index in [1.54, 1.807) is 4.90 Å². The Morgan fingerprint density at radius 2 is 1.74 bits per heavy atom. The molecule has 168 valence electrons. The van der Waals surface area contributed by atoms with Crippen LogP contribution in [0.4, 0.5) is 0 Å². The molecule has 0 saturated heterocycles. The van der Waals surface area contributed by atoms with Crippen molar-refractivity contribution in [3.05, 3.63) is 70.2 Å². The highest BCUT2D eigenvalue weighted by molar-refractivity contribution is 7.99. The molecule has 0 aliphatic carbocycles. The van der Waals surface area contributed by atoms with Crippen LogP contribution < -0.4 is 5.32 Å². The van der Waals surface area contributed by atoms with Crippen molar-refractivity contribution in [3.8, 4) is 0 Å². The highest BCUT2D eigenvalue weighted by atomic mass is 35.5. The summed E-state index contributed by atoms with van der Waals surface area (Å²) in [7, 11) is 0. The fourth-order valence-electron chi connectivity index (χ4n) is 3.34. The number of nitrogens with one attached hydrogen (secondary N) is 1. The zero-order valence-electron chi connectivity index (χ0n) is 18.7. The number of halogens is 1. The van der Waals surface area contributed by atoms with Crippen molar-refractivity contribution in [1.29, 1.82) is 0 Å². The van der Waals surface area contributed by atoms with Crippen LogP contribution in [-0.2, 0) is 21.9 Å². The second-order valence-corrected chi connectivity index (χ2v) is 8.99. The SMILES string of the molecule is CCCCNC(=O)[C@@H](CC)N(Cc1ccccc1C)C(=O)CSCc1ccccc1Cl. The summed E-state index contributed by atoms with van der Waals surface area (Å²) in [4.78, 5) is 27.9. The lowest BCUT2D eigenvalue weighted by molar-refractivity contribution is -0.139. The maximum atomic E-state index is 13.3. The van der Waals surface area contributed by atoms with Crippen LogP contribution in [-0.4, -0.2) is 35.1 Å². The van der Waals surface area contributed by atoms with E-state index in [0.29, 0.717) is 36.0 Å². The number of carbonyl (C=O) groups is 2. The van der Waals surface area contributed by atoms with Crippen LogP contribution in [0.25, 0.3) is 0 Å². The summed E-state index contributed by atoms with van der Waals surface area (Å²) in [6, 6.07) is 15.2. The van der Waals surface area contributed by atoms with Gasteiger partial charge in [0.25, 0.3) is 0 Å². The molecule has 2 amide bonds. The number of hydrogen-bond acceptors (Lipinski definition) is 3. The predicted octanol–water partition coefficient (Wildman–Crippen LogP) is 5.61. The lowest BCUT2D eigenvalue weighted by Gasteiger charge is -2.31. The van der Waals surface area contributed by atoms with E-state index in [1.807, 2.05) is 62.4 Å². The van der Waals surface area contributed by atoms with Gasteiger partial charge in [-0.2, -0.15) is 0 Å². The van der Waals surface area contributed by atoms with Gasteiger partial charge in [-0.25, -0.2) is 0 Å². The van der Waals surface area contributed by atoms with Crippen LogP contribution in [0.1, 0.15) is 49.8 Å². The number of rotatable bonds is 12. The smallest absolute Gasteiger partial charge is 0.242 e. The molecule has 0 saturated carbocycles. The van der Waals surface area contributed by atoms with E-state index in [4.69, 9.17) is 11.6 Å². The topological polar surface area (TPSA) is 49.4 Å². The molecule has 0 fully saturated rings. The summed E-state index contributed by atoms with van der Waals surface area (Å²) in [6.07, 6.45) is 2.52. The molecule has 0 aliphatic rings. The minimum absolute atomic E-state index is 0.0298. The van der Waals surface area contributed by atoms with E-state index in [9.17, 15) is 9.59 Å². The Hall–Kier alpha value is -1.98. The van der Waals surface area contributed by atoms with Gasteiger partial charge in [-0.1, -0.05) is 74.3 Å². The molecule has 0 radical (unpaired) electrons. The van der Waals surface area contributed by atoms with Gasteiger partial charge >= 0.3 is 0 Å². The van der Waals surface area contributed by atoms with Gasteiger partial charge in [-0.05, 0) is 42.5 Å². The average molecular weight is 461 g/mol. The summed E-state index contributed by atoms with van der Waals surface area (Å²) in [5, 5.41) is 3.71. The molecule has 0 aromatic heterocycles. The third kappa shape index (κ3) is 7.89. The molecule has 0 unspecified atom stereocenters. The molecule has 0 bridgehead atoms. The largest absolute Gasteiger partial charge is 0.354 e. The van der Waals surface area contributed by atoms with Gasteiger partial charge in [0.05, 0.1) is 5.75 Å². The van der Waals surface area contributed by atoms with Crippen molar-refractivity contribution < 1.29 is 9.59 Å². The van der Waals surface area contributed by atoms with Crippen molar-refractivity contribution in [1.82, 2.24) is 10.2 Å². The molecule has 31 heavy (non-hydrogen) atoms. The molecule has 0 spiro atoms. The van der Waals surface area contributed by atoms with E-state index < -0.39 is 6.04 Å². The highest BCUT2D eigenvalue weighted by Gasteiger charge is 2.28. The van der Waals surface area contributed by atoms with Crippen molar-refractivity contribution in [2.75, 3.05) is 12.3 Å². The number of aryl methyl sites for hydroxylation is 1. The first-order valence-electron chi connectivity index (χ1n) is 10.9. The normalized spacial score (nSPS) is 11.7. The van der Waals surface area contributed by atoms with Gasteiger partial charge in [0, 0.05) is 23.9 Å². The number of amides is 2. The number of nitrogens with zero attached hydrogens (tertiary/aromatic N) is 1. The average Bonchev–Trinajstić information content (AvgIpc) is 2.76. The number of carbonyl (C=O) groups excluding carboxylic acids is 2. The maximum Gasteiger partial charge on any atom is 0.242 e. The molecule has 1 N–H and O–H groups in total. The first kappa shape index (κ1) is 25.3. The van der Waals surface area contributed by atoms with Crippen molar-refractivity contribution in [3.63, 3.8) is 0 Å². The standard InChI is InChI=1S/C25H33ClN2O2S/c1-4-6-15-27-25(30)23(5-2)28(16-20-12-8-7-11-19(20)3)24(29)18-31-17-21-13-9-10-14-22(21)26/h7-14,23H,4-6,15-18H2,1-3H3,(H,27,30)/t23-/m1/s1. The lowest BCUT2D eigenvalue weighted by Crippen LogP contribution is -2.49. The van der Waals surface area contributed by atoms with Crippen molar-refractivity contribution >= 4 is 35.2 Å². The number of hydrogen-bond donors (Lipinski definition) is 1. The molecule has 2 rings (SSSR count). The van der Waals surface area contributed by atoms with Gasteiger partial charge < -0.3 is 10.2 Å². The monoisotopic (exact) mass is 460 g/mol. The zero-order chi connectivity index (χ0) is 22.6. The third-order valence-electron chi connectivity index (χ3n) is 5.26. The summed E-state index contributed by atoms with van der Waals surface area (Å²) in [5.41, 5.74) is 3.19. The minimum Gasteiger partial charge on any atom is -0.354 e. The first-order valence-corrected chi connectivity index (χ1v) is 12.4. The van der Waals surface area contributed by atoms with Crippen LogP contribution in [0.2, 0.25) is 5.02 Å². The predicted molar refractivity (Wildman–Crippen MR) is 131 cm³/mol. The Morgan fingerprint density at radius 3 is 2.39 bits per heavy atom. The quantitative estimate of drug-likeness (QED) is 0.419. The van der Waals surface area contributed by atoms with Crippen LogP contribution >= 0.6 is 23.4 Å². The molecule has 0 aliphatic heterocycles. The Labute approximate surface area is 195 Å². The van der Waals surface area contributed by atoms with Crippen LogP contribution in [0.3, 0.4) is 0 Å². The molecular weight excluding hydrogens is 428 g/mol. The summed E-state index contributed by atoms with van der Waals surface area (Å²) in [5.74, 6) is 0.852. The fraction of sp³-hybridized carbons (Fsp3) is 0.440. The molecular formula is C25H33ClN2O2S. The minimum atomic E-state index is -0.482. The van der Waals surface area contributed by atoms with Crippen LogP contribution in [0.15, 0.2) is 48.5 Å². The molecule has 2 aromatic carbocycles. The van der Waals surface area contributed by atoms with Gasteiger partial charge in [0.1, 0.15) is 6.04 Å². The van der Waals surface area contributed by atoms with E-state index in [1.165, 1.54) is 11.8 Å². The van der Waals surface area contributed by atoms with Crippen LogP contribution in [0.5, 0.6) is 0 Å². The molecule has 4 nitrogen and oxygen atoms in total. The number of benzene rings is 2. The summed E-state index contributed by atoms with van der Waals surface area (Å²) >= 11 is 7.77. The van der Waals surface area contributed by atoms with E-state index in [-0.39, 0.29) is 11.8 Å². The Kier molecular flexibility index (Phi) is 11.0. The Balaban J connectivity index is 2.13. The van der Waals surface area contributed by atoms with E-state index in [2.05, 4.69) is 12.2 Å². The zero-order valence-corrected chi connectivity index (χ0v) is 20.3. The Morgan fingerprint density at radius 1 is 1.06 bits per heavy atom. The number of unbranched alkanes of at least 4 members (excludes halogenated alkanes) is 1. The van der Waals surface area contributed by atoms with Crippen molar-refractivity contribution in [2.45, 2.75) is 58.4 Å². The van der Waals surface area contributed by atoms with Crippen LogP contribution in [0, 0.1) is 6.92 Å². The summed E-state index contributed by atoms with van der Waals surface area (Å²) < 4.78 is 0. The van der Waals surface area contributed by atoms with Gasteiger partial charge in [-0.3, -0.25) is 9.59 Å². The van der Waals surface area contributed by atoms with E-state index in [0.717, 1.165) is 29.5 Å². The maximum absolute atomic E-state index is 13.3. The van der Waals surface area contributed by atoms with E-state index >= 15 is 0 Å². The molecule has 0 heterocycles. The van der Waals surface area contributed by atoms with Crippen molar-refractivity contribution in [2.24, 2.45) is 0 Å². The van der Waals surface area contributed by atoms with Gasteiger partial charge in [-0.15, -0.1) is 11.8 Å². The van der Waals surface area contributed by atoms with Gasteiger partial charge in [0.2, 0.25) is 11.8 Å². The lowest BCUT2D eigenvalue weighted by atomic mass is 10.1. The second-order valence-electron chi connectivity index (χ2n) is 7.60. The third-order valence-corrected chi connectivity index (χ3v) is 6.59. The molecule has 6 heteroatoms. The Bertz CT molecular complexity index is 859.